The van der Waals surface area contributed by atoms with E-state index in [4.69, 9.17) is 5.11 Å². The highest BCUT2D eigenvalue weighted by molar-refractivity contribution is 5.89. The Morgan fingerprint density at radius 1 is 1.40 bits per heavy atom. The van der Waals surface area contributed by atoms with Gasteiger partial charge in [0, 0.05) is 24.2 Å². The summed E-state index contributed by atoms with van der Waals surface area (Å²) in [6.07, 6.45) is -0.244. The standard InChI is InChI=1S/C10H11NO4/c1-6(12)11-8-3-2-7(4-10(14)15)9(13)5-8/h2-3,5,13H,4H2,1H3,(H,11,12)(H,14,15). The first-order valence-electron chi connectivity index (χ1n) is 4.30. The van der Waals surface area contributed by atoms with Crippen LogP contribution in [0.4, 0.5) is 5.69 Å². The van der Waals surface area contributed by atoms with Crippen LogP contribution in [0, 0.1) is 0 Å². The van der Waals surface area contributed by atoms with E-state index in [1.54, 1.807) is 6.07 Å². The summed E-state index contributed by atoms with van der Waals surface area (Å²) in [4.78, 5) is 21.1. The van der Waals surface area contributed by atoms with Gasteiger partial charge in [-0.15, -0.1) is 0 Å². The SMILES string of the molecule is CC(=O)Nc1ccc(CC(=O)O)c(O)c1. The fraction of sp³-hybridized carbons (Fsp3) is 0.200. The number of hydrogen-bond donors (Lipinski definition) is 3. The number of benzene rings is 1. The van der Waals surface area contributed by atoms with Crippen molar-refractivity contribution in [2.24, 2.45) is 0 Å². The van der Waals surface area contributed by atoms with Gasteiger partial charge in [-0.1, -0.05) is 6.07 Å². The predicted molar refractivity (Wildman–Crippen MR) is 53.8 cm³/mol. The molecule has 0 fully saturated rings. The quantitative estimate of drug-likeness (QED) is 0.692. The second-order valence-electron chi connectivity index (χ2n) is 3.10. The van der Waals surface area contributed by atoms with E-state index in [1.165, 1.54) is 19.1 Å². The zero-order chi connectivity index (χ0) is 11.4. The third kappa shape index (κ3) is 3.30. The molecular weight excluding hydrogens is 198 g/mol. The van der Waals surface area contributed by atoms with Crippen LogP contribution in [0.5, 0.6) is 5.75 Å². The van der Waals surface area contributed by atoms with Crippen molar-refractivity contribution in [3.8, 4) is 5.75 Å². The molecule has 0 aliphatic rings. The fourth-order valence-electron chi connectivity index (χ4n) is 1.16. The van der Waals surface area contributed by atoms with E-state index in [1.807, 2.05) is 0 Å². The Bertz CT molecular complexity index is 400. The van der Waals surface area contributed by atoms with Crippen LogP contribution in [-0.4, -0.2) is 22.1 Å². The first-order chi connectivity index (χ1) is 6.99. The molecule has 1 amide bonds. The highest BCUT2D eigenvalue weighted by atomic mass is 16.4. The summed E-state index contributed by atoms with van der Waals surface area (Å²) in [5.74, 6) is -1.40. The number of rotatable bonds is 3. The van der Waals surface area contributed by atoms with Crippen molar-refractivity contribution in [2.45, 2.75) is 13.3 Å². The number of amides is 1. The lowest BCUT2D eigenvalue weighted by atomic mass is 10.1. The van der Waals surface area contributed by atoms with Crippen LogP contribution >= 0.6 is 0 Å². The minimum absolute atomic E-state index is 0.136. The van der Waals surface area contributed by atoms with Crippen LogP contribution < -0.4 is 5.32 Å². The molecule has 1 aromatic rings. The van der Waals surface area contributed by atoms with Crippen LogP contribution in [0.25, 0.3) is 0 Å². The van der Waals surface area contributed by atoms with Crippen LogP contribution in [0.2, 0.25) is 0 Å². The van der Waals surface area contributed by atoms with Crippen LogP contribution in [0.1, 0.15) is 12.5 Å². The lowest BCUT2D eigenvalue weighted by Gasteiger charge is -2.05. The summed E-state index contributed by atoms with van der Waals surface area (Å²) in [6.45, 7) is 1.35. The average molecular weight is 209 g/mol. The number of nitrogens with one attached hydrogen (secondary N) is 1. The van der Waals surface area contributed by atoms with Crippen molar-refractivity contribution in [1.29, 1.82) is 0 Å². The van der Waals surface area contributed by atoms with E-state index in [-0.39, 0.29) is 18.1 Å². The molecule has 0 radical (unpaired) electrons. The van der Waals surface area contributed by atoms with Gasteiger partial charge in [-0.05, 0) is 6.07 Å². The van der Waals surface area contributed by atoms with Gasteiger partial charge in [0.25, 0.3) is 0 Å². The van der Waals surface area contributed by atoms with Crippen molar-refractivity contribution < 1.29 is 19.8 Å². The van der Waals surface area contributed by atoms with E-state index < -0.39 is 5.97 Å². The topological polar surface area (TPSA) is 86.6 Å². The van der Waals surface area contributed by atoms with Crippen LogP contribution in [0.15, 0.2) is 18.2 Å². The number of carboxylic acids is 1. The Morgan fingerprint density at radius 3 is 2.53 bits per heavy atom. The molecule has 5 nitrogen and oxygen atoms in total. The molecule has 80 valence electrons. The molecule has 1 rings (SSSR count). The van der Waals surface area contributed by atoms with Gasteiger partial charge in [0.15, 0.2) is 0 Å². The highest BCUT2D eigenvalue weighted by Crippen LogP contribution is 2.22. The lowest BCUT2D eigenvalue weighted by molar-refractivity contribution is -0.136. The first kappa shape index (κ1) is 11.0. The Morgan fingerprint density at radius 2 is 2.07 bits per heavy atom. The second-order valence-corrected chi connectivity index (χ2v) is 3.10. The van der Waals surface area contributed by atoms with E-state index in [2.05, 4.69) is 5.32 Å². The van der Waals surface area contributed by atoms with E-state index in [0.29, 0.717) is 11.3 Å². The highest BCUT2D eigenvalue weighted by Gasteiger charge is 2.07. The molecular formula is C10H11NO4. The van der Waals surface area contributed by atoms with E-state index >= 15 is 0 Å². The van der Waals surface area contributed by atoms with Crippen molar-refractivity contribution in [1.82, 2.24) is 0 Å². The number of carbonyl (C=O) groups excluding carboxylic acids is 1. The van der Waals surface area contributed by atoms with Gasteiger partial charge in [0.05, 0.1) is 6.42 Å². The summed E-state index contributed by atoms with van der Waals surface area (Å²) >= 11 is 0. The molecule has 5 heteroatoms. The van der Waals surface area contributed by atoms with Gasteiger partial charge in [-0.3, -0.25) is 9.59 Å². The zero-order valence-corrected chi connectivity index (χ0v) is 8.15. The molecule has 3 N–H and O–H groups in total. The number of carboxylic acid groups (broad SMARTS) is 1. The van der Waals surface area contributed by atoms with Gasteiger partial charge in [-0.25, -0.2) is 0 Å². The van der Waals surface area contributed by atoms with Gasteiger partial charge in [0.2, 0.25) is 5.91 Å². The Hall–Kier alpha value is -2.04. The van der Waals surface area contributed by atoms with Crippen molar-refractivity contribution in [3.05, 3.63) is 23.8 Å². The fourth-order valence-corrected chi connectivity index (χ4v) is 1.16. The molecule has 0 saturated carbocycles. The summed E-state index contributed by atoms with van der Waals surface area (Å²) < 4.78 is 0. The van der Waals surface area contributed by atoms with Crippen molar-refractivity contribution in [3.63, 3.8) is 0 Å². The minimum atomic E-state index is -1.02. The maximum absolute atomic E-state index is 10.7. The summed E-state index contributed by atoms with van der Waals surface area (Å²) in [5.41, 5.74) is 0.755. The van der Waals surface area contributed by atoms with Gasteiger partial charge < -0.3 is 15.5 Å². The smallest absolute Gasteiger partial charge is 0.307 e. The first-order valence-corrected chi connectivity index (χ1v) is 4.30. The maximum atomic E-state index is 10.7. The number of hydrogen-bond acceptors (Lipinski definition) is 3. The Labute approximate surface area is 86.4 Å². The third-order valence-electron chi connectivity index (χ3n) is 1.75. The largest absolute Gasteiger partial charge is 0.508 e. The summed E-state index contributed by atoms with van der Waals surface area (Å²) in [7, 11) is 0. The van der Waals surface area contributed by atoms with Crippen molar-refractivity contribution >= 4 is 17.6 Å². The number of aliphatic carboxylic acids is 1. The van der Waals surface area contributed by atoms with Gasteiger partial charge in [0.1, 0.15) is 5.75 Å². The Balaban J connectivity index is 2.87. The predicted octanol–water partition coefficient (Wildman–Crippen LogP) is 0.978. The number of phenolic OH excluding ortho intramolecular Hbond substituents is 1. The average Bonchev–Trinajstić information content (AvgIpc) is 2.08. The lowest BCUT2D eigenvalue weighted by Crippen LogP contribution is -2.06. The Kier molecular flexibility index (Phi) is 3.28. The normalized spacial score (nSPS) is 9.67. The zero-order valence-electron chi connectivity index (χ0n) is 8.15. The molecule has 0 aliphatic heterocycles. The number of aromatic hydroxyl groups is 1. The monoisotopic (exact) mass is 209 g/mol. The molecule has 0 unspecified atom stereocenters. The number of phenols is 1. The minimum Gasteiger partial charge on any atom is -0.508 e. The molecule has 0 atom stereocenters. The van der Waals surface area contributed by atoms with Gasteiger partial charge in [-0.2, -0.15) is 0 Å². The molecule has 0 heterocycles. The maximum Gasteiger partial charge on any atom is 0.307 e. The van der Waals surface area contributed by atoms with Crippen LogP contribution in [0.3, 0.4) is 0 Å². The van der Waals surface area contributed by atoms with E-state index in [0.717, 1.165) is 0 Å². The molecule has 0 aliphatic carbocycles. The molecule has 0 aromatic heterocycles. The summed E-state index contributed by atoms with van der Waals surface area (Å²) in [5, 5.41) is 20.4. The van der Waals surface area contributed by atoms with Crippen LogP contribution in [-0.2, 0) is 16.0 Å². The van der Waals surface area contributed by atoms with E-state index in [9.17, 15) is 14.7 Å². The third-order valence-corrected chi connectivity index (χ3v) is 1.75. The molecule has 1 aromatic carbocycles. The second kappa shape index (κ2) is 4.45. The molecule has 0 bridgehead atoms. The summed E-state index contributed by atoms with van der Waals surface area (Å²) in [6, 6.07) is 4.33. The van der Waals surface area contributed by atoms with Crippen molar-refractivity contribution in [2.75, 3.05) is 5.32 Å². The molecule has 15 heavy (non-hydrogen) atoms. The molecule has 0 saturated heterocycles. The number of carbonyl (C=O) groups is 2. The van der Waals surface area contributed by atoms with Gasteiger partial charge >= 0.3 is 5.97 Å². The molecule has 0 spiro atoms. The number of anilines is 1.